The number of anilines is 1. The number of thiophene rings is 1. The van der Waals surface area contributed by atoms with Crippen molar-refractivity contribution in [2.45, 2.75) is 18.8 Å². The van der Waals surface area contributed by atoms with Crippen LogP contribution in [0.2, 0.25) is 4.34 Å². The minimum Gasteiger partial charge on any atom is -0.465 e. The fourth-order valence-electron chi connectivity index (χ4n) is 4.24. The summed E-state index contributed by atoms with van der Waals surface area (Å²) in [7, 11) is 0. The van der Waals surface area contributed by atoms with Gasteiger partial charge in [0.05, 0.1) is 21.4 Å². The molecule has 10 heteroatoms. The third kappa shape index (κ3) is 2.89. The molecule has 8 nitrogen and oxygen atoms in total. The van der Waals surface area contributed by atoms with E-state index < -0.39 is 18.0 Å². The second kappa shape index (κ2) is 7.33. The van der Waals surface area contributed by atoms with Crippen LogP contribution in [-0.2, 0) is 5.85 Å². The van der Waals surface area contributed by atoms with Crippen molar-refractivity contribution in [2.75, 3.05) is 5.32 Å². The lowest BCUT2D eigenvalue weighted by molar-refractivity contribution is -0.119. The van der Waals surface area contributed by atoms with Gasteiger partial charge in [-0.3, -0.25) is 19.6 Å². The van der Waals surface area contributed by atoms with Crippen LogP contribution in [0.15, 0.2) is 60.7 Å². The largest absolute Gasteiger partial charge is 0.465 e. The second-order valence-corrected chi connectivity index (χ2v) is 9.11. The van der Waals surface area contributed by atoms with E-state index in [0.29, 0.717) is 26.5 Å². The van der Waals surface area contributed by atoms with Gasteiger partial charge in [0, 0.05) is 16.0 Å². The van der Waals surface area contributed by atoms with Gasteiger partial charge in [-0.15, -0.1) is 11.3 Å². The van der Waals surface area contributed by atoms with E-state index in [1.165, 1.54) is 20.8 Å². The van der Waals surface area contributed by atoms with Gasteiger partial charge < -0.3 is 10.2 Å². The number of imidazole rings is 1. The number of nitrogens with zero attached hydrogens (tertiary/aromatic N) is 3. The molecule has 0 bridgehead atoms. The predicted molar refractivity (Wildman–Crippen MR) is 121 cm³/mol. The molecule has 0 aliphatic carbocycles. The highest BCUT2D eigenvalue weighted by molar-refractivity contribution is 7.16. The highest BCUT2D eigenvalue weighted by atomic mass is 35.5. The lowest BCUT2D eigenvalue weighted by Crippen LogP contribution is -2.50. The number of halogens is 1. The second-order valence-electron chi connectivity index (χ2n) is 7.36. The Morgan fingerprint density at radius 2 is 1.88 bits per heavy atom. The van der Waals surface area contributed by atoms with Crippen molar-refractivity contribution >= 4 is 51.9 Å². The van der Waals surface area contributed by atoms with Crippen LogP contribution >= 0.6 is 22.9 Å². The van der Waals surface area contributed by atoms with Crippen LogP contribution in [0.5, 0.6) is 0 Å². The fraction of sp³-hybridized carbons (Fsp3) is 0.136. The molecule has 32 heavy (non-hydrogen) atoms. The van der Waals surface area contributed by atoms with E-state index in [1.807, 2.05) is 0 Å². The average molecular weight is 469 g/mol. The van der Waals surface area contributed by atoms with Crippen LogP contribution in [-0.4, -0.2) is 36.7 Å². The van der Waals surface area contributed by atoms with E-state index in [2.05, 4.69) is 10.3 Å². The van der Waals surface area contributed by atoms with E-state index in [-0.39, 0.29) is 11.9 Å². The summed E-state index contributed by atoms with van der Waals surface area (Å²) < 4.78 is 1.91. The number of hydrogen-bond donors (Lipinski definition) is 3. The first kappa shape index (κ1) is 20.5. The Hall–Kier alpha value is -3.40. The number of rotatable bonds is 4. The summed E-state index contributed by atoms with van der Waals surface area (Å²) in [5, 5.41) is 24.0. The van der Waals surface area contributed by atoms with Crippen molar-refractivity contribution in [3.63, 3.8) is 0 Å². The molecule has 2 aromatic heterocycles. The van der Waals surface area contributed by atoms with E-state index in [1.54, 1.807) is 67.6 Å². The zero-order valence-electron chi connectivity index (χ0n) is 16.7. The molecule has 2 aromatic carbocycles. The quantitative estimate of drug-likeness (QED) is 0.402. The topological polar surface area (TPSA) is 108 Å². The van der Waals surface area contributed by atoms with Gasteiger partial charge in [-0.1, -0.05) is 41.9 Å². The number of fused-ring (bicyclic) bond motifs is 2. The minimum atomic E-state index is -2.04. The maximum Gasteiger partial charge on any atom is 0.411 e. The Labute approximate surface area is 191 Å². The van der Waals surface area contributed by atoms with Gasteiger partial charge in [0.15, 0.2) is 0 Å². The standard InChI is InChI=1S/C22H17ClN4O4S/c1-12(17-10-11-18(23)32-17)26-19(28)13-6-2-3-7-14(13)22(26,31)27-16-9-5-4-8-15(16)24-20(27)25-21(29)30/h2-12,31H,1H3,(H,24,25)(H,29,30). The number of carbonyl (C=O) groups is 2. The Morgan fingerprint density at radius 1 is 1.16 bits per heavy atom. The SMILES string of the molecule is CC(c1ccc(Cl)s1)N1C(=O)c2ccccc2C1(O)n1c(NC(=O)O)nc2ccccc21. The molecule has 5 rings (SSSR count). The normalized spacial score (nSPS) is 18.7. The highest BCUT2D eigenvalue weighted by Crippen LogP contribution is 2.47. The first-order valence-corrected chi connectivity index (χ1v) is 10.9. The predicted octanol–water partition coefficient (Wildman–Crippen LogP) is 4.71. The van der Waals surface area contributed by atoms with Crippen LogP contribution in [0.3, 0.4) is 0 Å². The highest BCUT2D eigenvalue weighted by Gasteiger charge is 2.54. The molecule has 0 fully saturated rings. The first-order valence-electron chi connectivity index (χ1n) is 9.71. The zero-order chi connectivity index (χ0) is 22.6. The molecule has 0 saturated heterocycles. The molecule has 2 atom stereocenters. The van der Waals surface area contributed by atoms with Gasteiger partial charge >= 0.3 is 6.09 Å². The molecule has 0 saturated carbocycles. The number of carbonyl (C=O) groups excluding carboxylic acids is 1. The number of nitrogens with one attached hydrogen (secondary N) is 1. The summed E-state index contributed by atoms with van der Waals surface area (Å²) in [6, 6.07) is 16.6. The van der Waals surface area contributed by atoms with Crippen LogP contribution in [0.4, 0.5) is 10.7 Å². The third-order valence-electron chi connectivity index (χ3n) is 5.56. The van der Waals surface area contributed by atoms with Crippen molar-refractivity contribution < 1.29 is 19.8 Å². The third-order valence-corrected chi connectivity index (χ3v) is 6.96. The van der Waals surface area contributed by atoms with Crippen LogP contribution in [0.25, 0.3) is 11.0 Å². The summed E-state index contributed by atoms with van der Waals surface area (Å²) in [6.45, 7) is 1.79. The van der Waals surface area contributed by atoms with E-state index in [9.17, 15) is 19.8 Å². The number of aliphatic hydroxyl groups is 1. The molecule has 3 N–H and O–H groups in total. The van der Waals surface area contributed by atoms with Crippen molar-refractivity contribution in [1.82, 2.24) is 14.5 Å². The fourth-order valence-corrected chi connectivity index (χ4v) is 5.34. The van der Waals surface area contributed by atoms with Crippen LogP contribution in [0.1, 0.15) is 33.8 Å². The first-order chi connectivity index (χ1) is 15.3. The van der Waals surface area contributed by atoms with Gasteiger partial charge in [-0.25, -0.2) is 9.78 Å². The van der Waals surface area contributed by atoms with E-state index >= 15 is 0 Å². The van der Waals surface area contributed by atoms with Gasteiger partial charge in [0.25, 0.3) is 11.8 Å². The number of benzene rings is 2. The number of amides is 2. The van der Waals surface area contributed by atoms with Gasteiger partial charge in [0.1, 0.15) is 0 Å². The summed E-state index contributed by atoms with van der Waals surface area (Å²) in [6.07, 6.45) is -1.34. The number of carboxylic acid groups (broad SMARTS) is 1. The molecule has 0 spiro atoms. The molecule has 2 amide bonds. The number of aromatic nitrogens is 2. The molecule has 162 valence electrons. The van der Waals surface area contributed by atoms with E-state index in [0.717, 1.165) is 4.88 Å². The van der Waals surface area contributed by atoms with Crippen molar-refractivity contribution in [2.24, 2.45) is 0 Å². The van der Waals surface area contributed by atoms with Crippen molar-refractivity contribution in [3.05, 3.63) is 81.0 Å². The number of hydrogen-bond acceptors (Lipinski definition) is 5. The van der Waals surface area contributed by atoms with Crippen LogP contribution in [0, 0.1) is 0 Å². The van der Waals surface area contributed by atoms with E-state index in [4.69, 9.17) is 11.6 Å². The summed E-state index contributed by atoms with van der Waals surface area (Å²) in [5.41, 5.74) is 1.58. The molecular formula is C22H17ClN4O4S. The maximum absolute atomic E-state index is 13.6. The van der Waals surface area contributed by atoms with Gasteiger partial charge in [0.2, 0.25) is 5.95 Å². The van der Waals surface area contributed by atoms with Gasteiger partial charge in [-0.2, -0.15) is 0 Å². The molecule has 3 heterocycles. The molecule has 4 aromatic rings. The Bertz CT molecular complexity index is 1380. The molecule has 0 radical (unpaired) electrons. The summed E-state index contributed by atoms with van der Waals surface area (Å²) in [4.78, 5) is 31.6. The molecule has 1 aliphatic heterocycles. The van der Waals surface area contributed by atoms with Gasteiger partial charge in [-0.05, 0) is 37.3 Å². The molecule has 1 aliphatic rings. The Kier molecular flexibility index (Phi) is 4.70. The lowest BCUT2D eigenvalue weighted by atomic mass is 10.1. The average Bonchev–Trinajstić information content (AvgIpc) is 3.41. The molecular weight excluding hydrogens is 452 g/mol. The Balaban J connectivity index is 1.82. The molecule has 2 unspecified atom stereocenters. The smallest absolute Gasteiger partial charge is 0.411 e. The Morgan fingerprint density at radius 3 is 2.59 bits per heavy atom. The minimum absolute atomic E-state index is 0.105. The van der Waals surface area contributed by atoms with Crippen molar-refractivity contribution in [3.8, 4) is 0 Å². The van der Waals surface area contributed by atoms with Crippen LogP contribution < -0.4 is 5.32 Å². The summed E-state index contributed by atoms with van der Waals surface area (Å²) >= 11 is 7.44. The number of para-hydroxylation sites is 2. The monoisotopic (exact) mass is 468 g/mol. The zero-order valence-corrected chi connectivity index (χ0v) is 18.3. The lowest BCUT2D eigenvalue weighted by Gasteiger charge is -2.39. The van der Waals surface area contributed by atoms with Crippen molar-refractivity contribution in [1.29, 1.82) is 0 Å². The summed E-state index contributed by atoms with van der Waals surface area (Å²) in [5.74, 6) is -2.54. The maximum atomic E-state index is 13.6.